The second-order valence-electron chi connectivity index (χ2n) is 7.76. The zero-order valence-electron chi connectivity index (χ0n) is 18.8. The molecule has 2 aromatic carbocycles. The van der Waals surface area contributed by atoms with E-state index in [9.17, 15) is 21.6 Å². The van der Waals surface area contributed by atoms with Gasteiger partial charge in [-0.15, -0.1) is 0 Å². The Morgan fingerprint density at radius 3 is 2.21 bits per heavy atom. The van der Waals surface area contributed by atoms with E-state index >= 15 is 0 Å². The first kappa shape index (κ1) is 25.0. The van der Waals surface area contributed by atoms with Crippen molar-refractivity contribution in [2.45, 2.75) is 42.4 Å². The highest BCUT2D eigenvalue weighted by Gasteiger charge is 2.27. The zero-order chi connectivity index (χ0) is 24.2. The topological polar surface area (TPSA) is 119 Å². The second kappa shape index (κ2) is 10.1. The van der Waals surface area contributed by atoms with Crippen molar-refractivity contribution in [1.29, 1.82) is 0 Å². The van der Waals surface area contributed by atoms with Crippen molar-refractivity contribution in [2.75, 3.05) is 32.0 Å². The molecule has 1 aliphatic heterocycles. The van der Waals surface area contributed by atoms with Crippen molar-refractivity contribution < 1.29 is 31.1 Å². The van der Waals surface area contributed by atoms with Crippen molar-refractivity contribution in [1.82, 2.24) is 4.31 Å². The molecular weight excluding hydrogens is 468 g/mol. The van der Waals surface area contributed by atoms with Crippen LogP contribution in [0.3, 0.4) is 0 Å². The van der Waals surface area contributed by atoms with Crippen molar-refractivity contribution in [3.8, 4) is 5.75 Å². The second-order valence-corrected chi connectivity index (χ2v) is 11.3. The van der Waals surface area contributed by atoms with Gasteiger partial charge in [-0.2, -0.15) is 4.31 Å². The van der Waals surface area contributed by atoms with Crippen LogP contribution in [0.5, 0.6) is 5.75 Å². The van der Waals surface area contributed by atoms with Gasteiger partial charge in [0.1, 0.15) is 5.75 Å². The van der Waals surface area contributed by atoms with Crippen molar-refractivity contribution in [2.24, 2.45) is 0 Å². The molecule has 0 atom stereocenters. The summed E-state index contributed by atoms with van der Waals surface area (Å²) >= 11 is 0. The molecule has 0 saturated carbocycles. The minimum absolute atomic E-state index is 0.0173. The average molecular weight is 497 g/mol. The molecule has 180 valence electrons. The number of carbonyl (C=O) groups is 1. The van der Waals surface area contributed by atoms with Gasteiger partial charge < -0.3 is 9.47 Å². The van der Waals surface area contributed by atoms with Gasteiger partial charge in [0.2, 0.25) is 10.0 Å². The number of methoxy groups -OCH3 is 2. The Morgan fingerprint density at radius 2 is 1.61 bits per heavy atom. The number of hydrogen-bond acceptors (Lipinski definition) is 7. The van der Waals surface area contributed by atoms with Crippen molar-refractivity contribution in [3.05, 3.63) is 47.5 Å². The van der Waals surface area contributed by atoms with Gasteiger partial charge in [-0.05, 0) is 55.7 Å². The van der Waals surface area contributed by atoms with Crippen molar-refractivity contribution in [3.63, 3.8) is 0 Å². The van der Waals surface area contributed by atoms with Gasteiger partial charge in [-0.25, -0.2) is 21.6 Å². The van der Waals surface area contributed by atoms with Crippen molar-refractivity contribution >= 4 is 31.7 Å². The van der Waals surface area contributed by atoms with E-state index in [0.29, 0.717) is 18.7 Å². The first-order chi connectivity index (χ1) is 15.6. The molecule has 1 fully saturated rings. The van der Waals surface area contributed by atoms with Crippen LogP contribution in [0.1, 0.15) is 41.6 Å². The summed E-state index contributed by atoms with van der Waals surface area (Å²) in [6.45, 7) is 2.44. The molecule has 1 saturated heterocycles. The maximum absolute atomic E-state index is 13.2. The summed E-state index contributed by atoms with van der Waals surface area (Å²) < 4.78 is 66.5. The maximum atomic E-state index is 13.2. The molecule has 1 heterocycles. The highest BCUT2D eigenvalue weighted by atomic mass is 32.2. The fourth-order valence-electron chi connectivity index (χ4n) is 3.69. The molecule has 1 N–H and O–H groups in total. The number of ether oxygens (including phenoxy) is 2. The molecule has 3 rings (SSSR count). The highest BCUT2D eigenvalue weighted by molar-refractivity contribution is 7.92. The van der Waals surface area contributed by atoms with Gasteiger partial charge >= 0.3 is 5.97 Å². The number of sulfonamides is 2. The smallest absolute Gasteiger partial charge is 0.337 e. The third kappa shape index (κ3) is 5.48. The van der Waals surface area contributed by atoms with E-state index in [0.717, 1.165) is 25.7 Å². The Balaban J connectivity index is 2.00. The van der Waals surface area contributed by atoms with Crippen LogP contribution in [-0.4, -0.2) is 54.4 Å². The fourth-order valence-corrected chi connectivity index (χ4v) is 6.57. The number of hydrogen-bond donors (Lipinski definition) is 1. The monoisotopic (exact) mass is 496 g/mol. The average Bonchev–Trinajstić information content (AvgIpc) is 3.08. The van der Waals surface area contributed by atoms with E-state index in [2.05, 4.69) is 9.46 Å². The van der Waals surface area contributed by atoms with Crippen LogP contribution in [-0.2, 0) is 24.8 Å². The third-order valence-electron chi connectivity index (χ3n) is 5.52. The normalized spacial score (nSPS) is 15.5. The summed E-state index contributed by atoms with van der Waals surface area (Å²) in [5.41, 5.74) is 0.465. The molecule has 33 heavy (non-hydrogen) atoms. The van der Waals surface area contributed by atoms with Crippen LogP contribution in [0, 0.1) is 6.92 Å². The van der Waals surface area contributed by atoms with E-state index in [4.69, 9.17) is 4.74 Å². The Bertz CT molecular complexity index is 1230. The molecule has 9 nitrogen and oxygen atoms in total. The molecule has 0 aromatic heterocycles. The summed E-state index contributed by atoms with van der Waals surface area (Å²) in [5, 5.41) is 0. The molecule has 0 unspecified atom stereocenters. The lowest BCUT2D eigenvalue weighted by Gasteiger charge is -2.21. The summed E-state index contributed by atoms with van der Waals surface area (Å²) in [7, 11) is -5.42. The lowest BCUT2D eigenvalue weighted by atomic mass is 10.1. The number of rotatable bonds is 7. The molecule has 0 bridgehead atoms. The fraction of sp³-hybridized carbons (Fsp3) is 0.409. The first-order valence-electron chi connectivity index (χ1n) is 10.5. The van der Waals surface area contributed by atoms with E-state index < -0.39 is 26.0 Å². The number of anilines is 1. The number of nitrogens with zero attached hydrogens (tertiary/aromatic N) is 1. The molecule has 1 aliphatic rings. The van der Waals surface area contributed by atoms with Crippen LogP contribution in [0.25, 0.3) is 0 Å². The van der Waals surface area contributed by atoms with Gasteiger partial charge in [-0.1, -0.05) is 18.9 Å². The minimum Gasteiger partial charge on any atom is -0.495 e. The largest absolute Gasteiger partial charge is 0.495 e. The first-order valence-corrected chi connectivity index (χ1v) is 13.4. The Kier molecular flexibility index (Phi) is 7.65. The molecule has 2 aromatic rings. The van der Waals surface area contributed by atoms with Gasteiger partial charge in [0, 0.05) is 13.1 Å². The summed E-state index contributed by atoms with van der Waals surface area (Å²) in [4.78, 5) is 11.7. The molecule has 0 spiro atoms. The van der Waals surface area contributed by atoms with Crippen LogP contribution >= 0.6 is 0 Å². The van der Waals surface area contributed by atoms with Gasteiger partial charge in [0.25, 0.3) is 10.0 Å². The number of aryl methyl sites for hydroxylation is 1. The van der Waals surface area contributed by atoms with E-state index in [1.54, 1.807) is 6.92 Å². The lowest BCUT2D eigenvalue weighted by molar-refractivity contribution is 0.0600. The number of esters is 1. The number of nitrogens with one attached hydrogen (secondary N) is 1. The number of carbonyl (C=O) groups excluding carboxylic acids is 1. The van der Waals surface area contributed by atoms with E-state index in [1.165, 1.54) is 54.9 Å². The van der Waals surface area contributed by atoms with E-state index in [-0.39, 0.29) is 26.8 Å². The summed E-state index contributed by atoms with van der Waals surface area (Å²) in [5.74, 6) is -0.510. The Labute approximate surface area is 194 Å². The van der Waals surface area contributed by atoms with Crippen LogP contribution in [0.2, 0.25) is 0 Å². The summed E-state index contributed by atoms with van der Waals surface area (Å²) in [6, 6.07) is 8.26. The van der Waals surface area contributed by atoms with Crippen LogP contribution < -0.4 is 9.46 Å². The molecule has 11 heteroatoms. The Morgan fingerprint density at radius 1 is 0.939 bits per heavy atom. The lowest BCUT2D eigenvalue weighted by Crippen LogP contribution is -2.32. The van der Waals surface area contributed by atoms with E-state index in [1.807, 2.05) is 0 Å². The van der Waals surface area contributed by atoms with Gasteiger partial charge in [0.15, 0.2) is 0 Å². The quantitative estimate of drug-likeness (QED) is 0.585. The van der Waals surface area contributed by atoms with Crippen LogP contribution in [0.15, 0.2) is 46.2 Å². The summed E-state index contributed by atoms with van der Waals surface area (Å²) in [6.07, 6.45) is 3.52. The highest BCUT2D eigenvalue weighted by Crippen LogP contribution is 2.32. The predicted molar refractivity (Wildman–Crippen MR) is 124 cm³/mol. The zero-order valence-corrected chi connectivity index (χ0v) is 20.5. The molecule has 0 aliphatic carbocycles. The SMILES string of the molecule is COC(=O)c1ccc(C)c(S(=O)(=O)Nc2cc(S(=O)(=O)N3CCCCCC3)ccc2OC)c1. The third-order valence-corrected chi connectivity index (χ3v) is 8.92. The minimum atomic E-state index is -4.18. The van der Waals surface area contributed by atoms with Gasteiger partial charge in [0.05, 0.1) is 35.3 Å². The van der Waals surface area contributed by atoms with Crippen LogP contribution in [0.4, 0.5) is 5.69 Å². The standard InChI is InChI=1S/C22H28N2O7S2/c1-16-8-9-17(22(25)31-3)14-21(16)32(26,27)23-19-15-18(10-11-20(19)30-2)33(28,29)24-12-6-4-5-7-13-24/h8-11,14-15,23H,4-7,12-13H2,1-3H3. The van der Waals surface area contributed by atoms with Gasteiger partial charge in [-0.3, -0.25) is 4.72 Å². The molecule has 0 amide bonds. The Hall–Kier alpha value is -2.63. The number of benzene rings is 2. The molecule has 0 radical (unpaired) electrons. The maximum Gasteiger partial charge on any atom is 0.337 e. The molecular formula is C22H28N2O7S2. The predicted octanol–water partition coefficient (Wildman–Crippen LogP) is 3.16.